The molecule has 2 heterocycles. The Balaban J connectivity index is 1.35. The summed E-state index contributed by atoms with van der Waals surface area (Å²) in [5, 5.41) is 4.23. The van der Waals surface area contributed by atoms with Crippen LogP contribution in [0.4, 0.5) is 0 Å². The summed E-state index contributed by atoms with van der Waals surface area (Å²) >= 11 is 5.91. The van der Waals surface area contributed by atoms with Crippen molar-refractivity contribution in [1.82, 2.24) is 20.1 Å². The van der Waals surface area contributed by atoms with E-state index in [1.54, 1.807) is 0 Å². The second-order valence-corrected chi connectivity index (χ2v) is 8.56. The minimum Gasteiger partial charge on any atom is -0.492 e. The van der Waals surface area contributed by atoms with Crippen molar-refractivity contribution in [2.75, 3.05) is 46.9 Å². The molecular formula is C23H34ClN5O2. The first kappa shape index (κ1) is 23.4. The number of likely N-dealkylation sites (N-methyl/N-ethyl adjacent to an activating group) is 1. The topological polar surface area (TPSA) is 66.1 Å². The van der Waals surface area contributed by atoms with E-state index in [9.17, 15) is 0 Å². The molecule has 0 aliphatic carbocycles. The summed E-state index contributed by atoms with van der Waals surface area (Å²) in [6.07, 6.45) is 2.32. The van der Waals surface area contributed by atoms with Gasteiger partial charge in [0.15, 0.2) is 5.96 Å². The van der Waals surface area contributed by atoms with Crippen molar-refractivity contribution >= 4 is 17.6 Å². The number of hydrogen-bond acceptors (Lipinski definition) is 5. The molecule has 0 saturated carbocycles. The number of piperidine rings is 1. The number of aryl methyl sites for hydroxylation is 2. The summed E-state index contributed by atoms with van der Waals surface area (Å²) in [6, 6.07) is 7.43. The van der Waals surface area contributed by atoms with Crippen molar-refractivity contribution in [3.05, 3.63) is 46.6 Å². The Morgan fingerprint density at radius 3 is 2.61 bits per heavy atom. The smallest absolute Gasteiger partial charge is 0.208 e. The van der Waals surface area contributed by atoms with Crippen LogP contribution in [0.5, 0.6) is 5.75 Å². The van der Waals surface area contributed by atoms with Gasteiger partial charge >= 0.3 is 0 Å². The number of guanidine groups is 1. The lowest BCUT2D eigenvalue weighted by Crippen LogP contribution is -2.44. The summed E-state index contributed by atoms with van der Waals surface area (Å²) in [6.45, 7) is 9.15. The molecule has 0 unspecified atom stereocenters. The van der Waals surface area contributed by atoms with Crippen LogP contribution < -0.4 is 10.1 Å². The van der Waals surface area contributed by atoms with E-state index in [1.165, 1.54) is 0 Å². The first-order valence-electron chi connectivity index (χ1n) is 10.9. The summed E-state index contributed by atoms with van der Waals surface area (Å²) in [4.78, 5) is 13.4. The Kier molecular flexibility index (Phi) is 8.60. The first-order chi connectivity index (χ1) is 14.9. The number of aliphatic imine (C=N–C) groups is 1. The van der Waals surface area contributed by atoms with Crippen LogP contribution >= 0.6 is 11.6 Å². The Bertz CT molecular complexity index is 825. The van der Waals surface area contributed by atoms with Gasteiger partial charge in [-0.25, -0.2) is 4.98 Å². The van der Waals surface area contributed by atoms with Crippen molar-refractivity contribution in [2.45, 2.75) is 33.2 Å². The average Bonchev–Trinajstić information content (AvgIpc) is 3.08. The molecule has 1 N–H and O–H groups in total. The number of nitrogens with one attached hydrogen (secondary N) is 1. The molecule has 1 fully saturated rings. The van der Waals surface area contributed by atoms with E-state index in [0.29, 0.717) is 17.5 Å². The van der Waals surface area contributed by atoms with Crippen LogP contribution in [0.25, 0.3) is 0 Å². The van der Waals surface area contributed by atoms with Crippen LogP contribution in [0, 0.1) is 19.8 Å². The van der Waals surface area contributed by atoms with Gasteiger partial charge in [0, 0.05) is 25.7 Å². The molecule has 3 rings (SSSR count). The predicted octanol–water partition coefficient (Wildman–Crippen LogP) is 3.74. The van der Waals surface area contributed by atoms with Gasteiger partial charge in [-0.2, -0.15) is 0 Å². The van der Waals surface area contributed by atoms with Gasteiger partial charge in [-0.05, 0) is 70.0 Å². The summed E-state index contributed by atoms with van der Waals surface area (Å²) in [5.41, 5.74) is 0.989. The maximum absolute atomic E-state index is 5.91. The van der Waals surface area contributed by atoms with E-state index >= 15 is 0 Å². The predicted molar refractivity (Wildman–Crippen MR) is 125 cm³/mol. The maximum atomic E-state index is 5.91. The largest absolute Gasteiger partial charge is 0.492 e. The summed E-state index contributed by atoms with van der Waals surface area (Å²) in [7, 11) is 3.85. The molecule has 1 aliphatic heterocycles. The SMILES string of the molecule is CN=C(NCC1CCN(Cc2nc(C)c(C)o2)CC1)N(C)CCOc1ccc(Cl)cc1. The molecule has 1 saturated heterocycles. The van der Waals surface area contributed by atoms with Gasteiger partial charge < -0.3 is 19.4 Å². The molecule has 1 aromatic carbocycles. The second-order valence-electron chi connectivity index (χ2n) is 8.12. The average molecular weight is 448 g/mol. The van der Waals surface area contributed by atoms with Crippen LogP contribution in [0.1, 0.15) is 30.2 Å². The fourth-order valence-corrected chi connectivity index (χ4v) is 3.83. The highest BCUT2D eigenvalue weighted by Crippen LogP contribution is 2.19. The zero-order chi connectivity index (χ0) is 22.2. The molecular weight excluding hydrogens is 414 g/mol. The van der Waals surface area contributed by atoms with Gasteiger partial charge in [0.25, 0.3) is 0 Å². The molecule has 1 aromatic heterocycles. The molecule has 0 spiro atoms. The summed E-state index contributed by atoms with van der Waals surface area (Å²) < 4.78 is 11.5. The zero-order valence-corrected chi connectivity index (χ0v) is 19.8. The Morgan fingerprint density at radius 2 is 2.00 bits per heavy atom. The highest BCUT2D eigenvalue weighted by Gasteiger charge is 2.21. The molecule has 31 heavy (non-hydrogen) atoms. The van der Waals surface area contributed by atoms with Gasteiger partial charge in [0.1, 0.15) is 18.1 Å². The first-order valence-corrected chi connectivity index (χ1v) is 11.3. The minimum absolute atomic E-state index is 0.580. The fourth-order valence-electron chi connectivity index (χ4n) is 3.70. The number of benzene rings is 1. The third-order valence-corrected chi connectivity index (χ3v) is 6.02. The van der Waals surface area contributed by atoms with E-state index in [4.69, 9.17) is 20.8 Å². The third kappa shape index (κ3) is 7.14. The van der Waals surface area contributed by atoms with Crippen molar-refractivity contribution < 1.29 is 9.15 Å². The molecule has 0 radical (unpaired) electrons. The van der Waals surface area contributed by atoms with Crippen molar-refractivity contribution in [3.63, 3.8) is 0 Å². The van der Waals surface area contributed by atoms with Crippen molar-refractivity contribution in [2.24, 2.45) is 10.9 Å². The van der Waals surface area contributed by atoms with E-state index in [-0.39, 0.29) is 0 Å². The Hall–Kier alpha value is -2.25. The zero-order valence-electron chi connectivity index (χ0n) is 19.0. The molecule has 0 atom stereocenters. The highest BCUT2D eigenvalue weighted by molar-refractivity contribution is 6.30. The lowest BCUT2D eigenvalue weighted by molar-refractivity contribution is 0.163. The van der Waals surface area contributed by atoms with Crippen LogP contribution in [0.15, 0.2) is 33.7 Å². The Labute approximate surface area is 190 Å². The van der Waals surface area contributed by atoms with Crippen LogP contribution in [-0.2, 0) is 6.54 Å². The van der Waals surface area contributed by atoms with Gasteiger partial charge in [-0.1, -0.05) is 11.6 Å². The molecule has 8 heteroatoms. The lowest BCUT2D eigenvalue weighted by atomic mass is 9.97. The van der Waals surface area contributed by atoms with Crippen molar-refractivity contribution in [1.29, 1.82) is 0 Å². The number of ether oxygens (including phenoxy) is 1. The highest BCUT2D eigenvalue weighted by atomic mass is 35.5. The summed E-state index contributed by atoms with van der Waals surface area (Å²) in [5.74, 6) is 4.10. The van der Waals surface area contributed by atoms with Gasteiger partial charge in [-0.3, -0.25) is 9.89 Å². The second kappa shape index (κ2) is 11.4. The third-order valence-electron chi connectivity index (χ3n) is 5.77. The van der Waals surface area contributed by atoms with Crippen molar-refractivity contribution in [3.8, 4) is 5.75 Å². The number of nitrogens with zero attached hydrogens (tertiary/aromatic N) is 4. The van der Waals surface area contributed by atoms with Gasteiger partial charge in [0.05, 0.1) is 18.8 Å². The minimum atomic E-state index is 0.580. The molecule has 0 amide bonds. The van der Waals surface area contributed by atoms with Gasteiger partial charge in [0.2, 0.25) is 5.89 Å². The molecule has 170 valence electrons. The molecule has 2 aromatic rings. The van der Waals surface area contributed by atoms with E-state index in [2.05, 4.69) is 25.1 Å². The number of likely N-dealkylation sites (tertiary alicyclic amines) is 1. The quantitative estimate of drug-likeness (QED) is 0.491. The van der Waals surface area contributed by atoms with Crippen LogP contribution in [-0.4, -0.2) is 67.6 Å². The van der Waals surface area contributed by atoms with E-state index < -0.39 is 0 Å². The monoisotopic (exact) mass is 447 g/mol. The van der Waals surface area contributed by atoms with Gasteiger partial charge in [-0.15, -0.1) is 0 Å². The molecule has 0 bridgehead atoms. The normalized spacial score (nSPS) is 15.8. The van der Waals surface area contributed by atoms with Crippen LogP contribution in [0.2, 0.25) is 5.02 Å². The van der Waals surface area contributed by atoms with E-state index in [1.807, 2.05) is 52.2 Å². The van der Waals surface area contributed by atoms with Crippen LogP contribution in [0.3, 0.4) is 0 Å². The number of oxazole rings is 1. The van der Waals surface area contributed by atoms with E-state index in [0.717, 1.165) is 74.6 Å². The standard InChI is InChI=1S/C23H34ClN5O2/c1-17-18(2)31-22(27-17)16-29-11-9-19(10-12-29)15-26-23(25-3)28(4)13-14-30-21-7-5-20(24)6-8-21/h5-8,19H,9-16H2,1-4H3,(H,25,26). The molecule has 7 nitrogen and oxygen atoms in total. The number of aromatic nitrogens is 1. The molecule has 1 aliphatic rings. The lowest BCUT2D eigenvalue weighted by Gasteiger charge is -2.32. The Morgan fingerprint density at radius 1 is 1.29 bits per heavy atom. The number of hydrogen-bond donors (Lipinski definition) is 1. The fraction of sp³-hybridized carbons (Fsp3) is 0.565. The number of halogens is 1. The number of rotatable bonds is 8. The maximum Gasteiger partial charge on any atom is 0.208 e.